The topological polar surface area (TPSA) is 62.7 Å². The van der Waals surface area contributed by atoms with Crippen LogP contribution in [-0.4, -0.2) is 48.9 Å². The van der Waals surface area contributed by atoms with Crippen molar-refractivity contribution >= 4 is 5.91 Å². The molecule has 2 atom stereocenters. The Bertz CT molecular complexity index is 427. The third-order valence-electron chi connectivity index (χ3n) is 3.45. The highest BCUT2D eigenvalue weighted by Gasteiger charge is 2.24. The van der Waals surface area contributed by atoms with Crippen LogP contribution in [0.15, 0.2) is 16.5 Å². The summed E-state index contributed by atoms with van der Waals surface area (Å²) in [4.78, 5) is 16.4. The number of nitrogens with two attached hydrogens (primary N) is 1. The number of nitrogens with zero attached hydrogens (tertiary/aromatic N) is 2. The first kappa shape index (κ1) is 16.7. The molecule has 0 fully saturated rings. The summed E-state index contributed by atoms with van der Waals surface area (Å²) in [6.45, 7) is 7.63. The van der Waals surface area contributed by atoms with Crippen molar-refractivity contribution in [3.05, 3.63) is 23.7 Å². The summed E-state index contributed by atoms with van der Waals surface area (Å²) in [6, 6.07) is 3.68. The highest BCUT2D eigenvalue weighted by molar-refractivity contribution is 5.79. The number of likely N-dealkylation sites (N-methyl/N-ethyl adjacent to an activating group) is 1. The first-order chi connectivity index (χ1) is 9.31. The lowest BCUT2D eigenvalue weighted by Crippen LogP contribution is -2.43. The maximum atomic E-state index is 12.5. The molecule has 0 aromatic carbocycles. The van der Waals surface area contributed by atoms with E-state index in [9.17, 15) is 4.79 Å². The van der Waals surface area contributed by atoms with Crippen molar-refractivity contribution in [2.45, 2.75) is 33.4 Å². The fraction of sp³-hybridized carbons (Fsp3) is 0.667. The number of aryl methyl sites for hydroxylation is 1. The molecule has 1 aromatic heterocycles. The number of rotatable bonds is 7. The molecule has 1 amide bonds. The van der Waals surface area contributed by atoms with Gasteiger partial charge in [-0.3, -0.25) is 4.79 Å². The van der Waals surface area contributed by atoms with E-state index in [1.165, 1.54) is 0 Å². The van der Waals surface area contributed by atoms with Crippen molar-refractivity contribution in [3.8, 4) is 0 Å². The van der Waals surface area contributed by atoms with Crippen LogP contribution in [-0.2, 0) is 11.3 Å². The predicted octanol–water partition coefficient (Wildman–Crippen LogP) is 1.46. The lowest BCUT2D eigenvalue weighted by atomic mass is 10.0. The van der Waals surface area contributed by atoms with Gasteiger partial charge < -0.3 is 20.0 Å². The second-order valence-corrected chi connectivity index (χ2v) is 5.72. The molecule has 2 unspecified atom stereocenters. The molecule has 5 nitrogen and oxygen atoms in total. The van der Waals surface area contributed by atoms with Gasteiger partial charge in [0, 0.05) is 19.1 Å². The molecule has 20 heavy (non-hydrogen) atoms. The molecule has 0 spiro atoms. The lowest BCUT2D eigenvalue weighted by Gasteiger charge is -2.27. The molecule has 1 rings (SSSR count). The van der Waals surface area contributed by atoms with Gasteiger partial charge >= 0.3 is 0 Å². The number of amides is 1. The number of hydrogen-bond acceptors (Lipinski definition) is 4. The largest absolute Gasteiger partial charge is 0.464 e. The van der Waals surface area contributed by atoms with Crippen LogP contribution in [0.25, 0.3) is 0 Å². The van der Waals surface area contributed by atoms with E-state index in [0.29, 0.717) is 13.1 Å². The summed E-state index contributed by atoms with van der Waals surface area (Å²) in [5.41, 5.74) is 5.85. The minimum absolute atomic E-state index is 0.0795. The van der Waals surface area contributed by atoms with Crippen LogP contribution in [0, 0.1) is 12.8 Å². The highest BCUT2D eigenvalue weighted by Crippen LogP contribution is 2.13. The average Bonchev–Trinajstić information content (AvgIpc) is 2.77. The van der Waals surface area contributed by atoms with Crippen LogP contribution < -0.4 is 5.73 Å². The number of carbonyl (C=O) groups excluding carboxylic acids is 1. The zero-order valence-corrected chi connectivity index (χ0v) is 13.2. The Labute approximate surface area is 121 Å². The normalized spacial score (nSPS) is 14.3. The second kappa shape index (κ2) is 7.45. The molecule has 0 saturated heterocycles. The molecule has 0 aliphatic rings. The zero-order valence-electron chi connectivity index (χ0n) is 13.2. The third kappa shape index (κ3) is 4.98. The quantitative estimate of drug-likeness (QED) is 0.822. The SMILES string of the molecule is Cc1ccc(CN(CCN(C)C)C(=O)C(C)C(C)N)o1. The van der Waals surface area contributed by atoms with E-state index in [-0.39, 0.29) is 17.9 Å². The molecule has 0 bridgehead atoms. The van der Waals surface area contributed by atoms with Crippen molar-refractivity contribution in [1.82, 2.24) is 9.80 Å². The Morgan fingerprint density at radius 3 is 2.40 bits per heavy atom. The average molecular weight is 281 g/mol. The van der Waals surface area contributed by atoms with Crippen molar-refractivity contribution in [2.24, 2.45) is 11.7 Å². The van der Waals surface area contributed by atoms with E-state index in [2.05, 4.69) is 4.90 Å². The summed E-state index contributed by atoms with van der Waals surface area (Å²) in [7, 11) is 3.99. The lowest BCUT2D eigenvalue weighted by molar-refractivity contribution is -0.136. The van der Waals surface area contributed by atoms with Gasteiger partial charge in [0.2, 0.25) is 5.91 Å². The molecule has 114 valence electrons. The van der Waals surface area contributed by atoms with Crippen LogP contribution in [0.5, 0.6) is 0 Å². The molecule has 2 N–H and O–H groups in total. The molecular weight excluding hydrogens is 254 g/mol. The van der Waals surface area contributed by atoms with Crippen molar-refractivity contribution in [2.75, 3.05) is 27.2 Å². The number of furan rings is 1. The molecule has 0 aliphatic carbocycles. The maximum Gasteiger partial charge on any atom is 0.227 e. The van der Waals surface area contributed by atoms with Gasteiger partial charge in [-0.05, 0) is 40.1 Å². The number of hydrogen-bond donors (Lipinski definition) is 1. The monoisotopic (exact) mass is 281 g/mol. The first-order valence-electron chi connectivity index (χ1n) is 7.05. The summed E-state index contributed by atoms with van der Waals surface area (Å²) in [6.07, 6.45) is 0. The molecular formula is C15H27N3O2. The minimum atomic E-state index is -0.187. The molecule has 5 heteroatoms. The van der Waals surface area contributed by atoms with Gasteiger partial charge in [0.05, 0.1) is 12.5 Å². The standard InChI is InChI=1S/C15H27N3O2/c1-11-6-7-14(20-11)10-18(9-8-17(4)5)15(19)12(2)13(3)16/h6-7,12-13H,8-10,16H2,1-5H3. The molecule has 0 saturated carbocycles. The van der Waals surface area contributed by atoms with Gasteiger partial charge in [-0.1, -0.05) is 6.92 Å². The fourth-order valence-corrected chi connectivity index (χ4v) is 1.86. The summed E-state index contributed by atoms with van der Waals surface area (Å²) < 4.78 is 5.57. The molecule has 0 radical (unpaired) electrons. The van der Waals surface area contributed by atoms with Gasteiger partial charge in [-0.2, -0.15) is 0 Å². The van der Waals surface area contributed by atoms with Gasteiger partial charge in [-0.15, -0.1) is 0 Å². The summed E-state index contributed by atoms with van der Waals surface area (Å²) >= 11 is 0. The van der Waals surface area contributed by atoms with Crippen LogP contribution in [0.1, 0.15) is 25.4 Å². The Kier molecular flexibility index (Phi) is 6.23. The van der Waals surface area contributed by atoms with Gasteiger partial charge in [0.25, 0.3) is 0 Å². The zero-order chi connectivity index (χ0) is 15.3. The van der Waals surface area contributed by atoms with Crippen LogP contribution in [0.2, 0.25) is 0 Å². The van der Waals surface area contributed by atoms with Crippen molar-refractivity contribution in [1.29, 1.82) is 0 Å². The number of carbonyl (C=O) groups is 1. The van der Waals surface area contributed by atoms with E-state index in [0.717, 1.165) is 18.1 Å². The van der Waals surface area contributed by atoms with Crippen LogP contribution >= 0.6 is 0 Å². The van der Waals surface area contributed by atoms with E-state index in [1.54, 1.807) is 0 Å². The molecule has 0 aliphatic heterocycles. The van der Waals surface area contributed by atoms with E-state index < -0.39 is 0 Å². The minimum Gasteiger partial charge on any atom is -0.464 e. The van der Waals surface area contributed by atoms with Gasteiger partial charge in [-0.25, -0.2) is 0 Å². The summed E-state index contributed by atoms with van der Waals surface area (Å²) in [5.74, 6) is 1.57. The Hall–Kier alpha value is -1.33. The van der Waals surface area contributed by atoms with Crippen molar-refractivity contribution < 1.29 is 9.21 Å². The van der Waals surface area contributed by atoms with E-state index in [1.807, 2.05) is 51.9 Å². The van der Waals surface area contributed by atoms with Crippen LogP contribution in [0.3, 0.4) is 0 Å². The second-order valence-electron chi connectivity index (χ2n) is 5.72. The fourth-order valence-electron chi connectivity index (χ4n) is 1.86. The molecule has 1 aromatic rings. The molecule has 1 heterocycles. The summed E-state index contributed by atoms with van der Waals surface area (Å²) in [5, 5.41) is 0. The Balaban J connectivity index is 2.76. The Morgan fingerprint density at radius 1 is 1.30 bits per heavy atom. The van der Waals surface area contributed by atoms with Crippen molar-refractivity contribution in [3.63, 3.8) is 0 Å². The Morgan fingerprint density at radius 2 is 1.95 bits per heavy atom. The van der Waals surface area contributed by atoms with Gasteiger partial charge in [0.1, 0.15) is 11.5 Å². The van der Waals surface area contributed by atoms with Crippen LogP contribution in [0.4, 0.5) is 0 Å². The highest BCUT2D eigenvalue weighted by atomic mass is 16.3. The van der Waals surface area contributed by atoms with Gasteiger partial charge in [0.15, 0.2) is 0 Å². The first-order valence-corrected chi connectivity index (χ1v) is 7.05. The maximum absolute atomic E-state index is 12.5. The smallest absolute Gasteiger partial charge is 0.227 e. The van der Waals surface area contributed by atoms with E-state index in [4.69, 9.17) is 10.2 Å². The van der Waals surface area contributed by atoms with E-state index >= 15 is 0 Å². The third-order valence-corrected chi connectivity index (χ3v) is 3.45. The predicted molar refractivity (Wildman–Crippen MR) is 80.2 cm³/mol.